The number of nitrogens with two attached hydrogens (primary N) is 2. The van der Waals surface area contributed by atoms with Crippen LogP contribution in [0.3, 0.4) is 0 Å². The maximum absolute atomic E-state index is 13.8. The molecule has 0 radical (unpaired) electrons. The van der Waals surface area contributed by atoms with Gasteiger partial charge >= 0.3 is 0 Å². The van der Waals surface area contributed by atoms with E-state index in [4.69, 9.17) is 11.5 Å². The molecule has 11 heteroatoms. The molecular formula is C29H37N5O6. The lowest BCUT2D eigenvalue weighted by molar-refractivity contribution is -0.147. The Bertz CT molecular complexity index is 1230. The van der Waals surface area contributed by atoms with Gasteiger partial charge in [-0.25, -0.2) is 0 Å². The van der Waals surface area contributed by atoms with Gasteiger partial charge in [-0.05, 0) is 48.9 Å². The van der Waals surface area contributed by atoms with Crippen LogP contribution in [0, 0.1) is 0 Å². The SMILES string of the molecule is CN(C(=O)[C@@H](N)Cc1ccc(O)cc1)[C@@H](Cc1ccc(C(=O)[C@@H]2C[C@@H](O)CN2)cc1)C(=O)N1CCC[C@@H]1C(N)=O. The molecule has 214 valence electrons. The van der Waals surface area contributed by atoms with Crippen molar-refractivity contribution in [1.82, 2.24) is 15.1 Å². The molecule has 2 aliphatic rings. The minimum Gasteiger partial charge on any atom is -0.508 e. The number of nitrogens with one attached hydrogen (secondary N) is 1. The Labute approximate surface area is 233 Å². The fraction of sp³-hybridized carbons (Fsp3) is 0.448. The van der Waals surface area contributed by atoms with Crippen molar-refractivity contribution in [3.63, 3.8) is 0 Å². The van der Waals surface area contributed by atoms with Crippen LogP contribution in [-0.4, -0.2) is 93.9 Å². The van der Waals surface area contributed by atoms with E-state index in [2.05, 4.69) is 5.32 Å². The summed E-state index contributed by atoms with van der Waals surface area (Å²) in [6.45, 7) is 0.731. The third-order valence-electron chi connectivity index (χ3n) is 7.77. The number of primary amides is 1. The van der Waals surface area contributed by atoms with Gasteiger partial charge in [0.1, 0.15) is 17.8 Å². The third kappa shape index (κ3) is 6.67. The van der Waals surface area contributed by atoms with Gasteiger partial charge < -0.3 is 36.8 Å². The van der Waals surface area contributed by atoms with E-state index in [1.807, 2.05) is 0 Å². The summed E-state index contributed by atoms with van der Waals surface area (Å²) < 4.78 is 0. The second kappa shape index (κ2) is 12.6. The second-order valence-electron chi connectivity index (χ2n) is 10.6. The molecule has 0 bridgehead atoms. The number of aliphatic hydroxyl groups is 1. The number of aliphatic hydroxyl groups excluding tert-OH is 1. The number of ketones is 1. The number of likely N-dealkylation sites (N-methyl/N-ethyl adjacent to an activating group) is 1. The molecule has 2 saturated heterocycles. The van der Waals surface area contributed by atoms with Crippen molar-refractivity contribution >= 4 is 23.5 Å². The number of nitrogens with zero attached hydrogens (tertiary/aromatic N) is 2. The number of rotatable bonds is 10. The summed E-state index contributed by atoms with van der Waals surface area (Å²) in [6.07, 6.45) is 1.24. The number of aromatic hydroxyl groups is 1. The molecule has 2 heterocycles. The first-order valence-electron chi connectivity index (χ1n) is 13.5. The van der Waals surface area contributed by atoms with E-state index < -0.39 is 48.0 Å². The van der Waals surface area contributed by atoms with Gasteiger partial charge in [-0.3, -0.25) is 19.2 Å². The van der Waals surface area contributed by atoms with Crippen LogP contribution in [0.15, 0.2) is 48.5 Å². The Balaban J connectivity index is 1.53. The Morgan fingerprint density at radius 2 is 1.68 bits per heavy atom. The molecule has 0 saturated carbocycles. The van der Waals surface area contributed by atoms with Crippen LogP contribution in [0.2, 0.25) is 0 Å². The average molecular weight is 552 g/mol. The largest absolute Gasteiger partial charge is 0.508 e. The first-order chi connectivity index (χ1) is 19.0. The monoisotopic (exact) mass is 551 g/mol. The lowest BCUT2D eigenvalue weighted by atomic mass is 9.97. The number of phenolic OH excluding ortho intramolecular Hbond substituents is 1. The van der Waals surface area contributed by atoms with Gasteiger partial charge in [0.2, 0.25) is 17.7 Å². The number of Topliss-reactive ketones (excluding diaryl/α,β-unsaturated/α-hetero) is 1. The van der Waals surface area contributed by atoms with Gasteiger partial charge in [0.15, 0.2) is 5.78 Å². The molecule has 0 aliphatic carbocycles. The van der Waals surface area contributed by atoms with Crippen LogP contribution in [0.4, 0.5) is 0 Å². The van der Waals surface area contributed by atoms with Gasteiger partial charge in [-0.2, -0.15) is 0 Å². The number of likely N-dealkylation sites (tertiary alicyclic amines) is 1. The Morgan fingerprint density at radius 3 is 2.27 bits per heavy atom. The molecule has 2 aliphatic heterocycles. The molecule has 40 heavy (non-hydrogen) atoms. The van der Waals surface area contributed by atoms with Gasteiger partial charge in [0.25, 0.3) is 0 Å². The summed E-state index contributed by atoms with van der Waals surface area (Å²) >= 11 is 0. The Kier molecular flexibility index (Phi) is 9.18. The fourth-order valence-electron chi connectivity index (χ4n) is 5.44. The lowest BCUT2D eigenvalue weighted by Gasteiger charge is -2.34. The van der Waals surface area contributed by atoms with Crippen LogP contribution >= 0.6 is 0 Å². The van der Waals surface area contributed by atoms with Gasteiger partial charge in [0, 0.05) is 32.1 Å². The molecule has 2 aromatic rings. The summed E-state index contributed by atoms with van der Waals surface area (Å²) in [4.78, 5) is 54.8. The predicted octanol–water partition coefficient (Wildman–Crippen LogP) is -0.286. The zero-order valence-corrected chi connectivity index (χ0v) is 22.5. The topological polar surface area (TPSA) is 179 Å². The molecule has 7 N–H and O–H groups in total. The summed E-state index contributed by atoms with van der Waals surface area (Å²) in [5.74, 6) is -1.44. The molecule has 0 aromatic heterocycles. The van der Waals surface area contributed by atoms with E-state index in [1.165, 1.54) is 29.0 Å². The number of phenols is 1. The smallest absolute Gasteiger partial charge is 0.246 e. The van der Waals surface area contributed by atoms with E-state index in [1.54, 1.807) is 36.4 Å². The first-order valence-corrected chi connectivity index (χ1v) is 13.5. The number of benzene rings is 2. The molecule has 2 fully saturated rings. The van der Waals surface area contributed by atoms with Crippen molar-refractivity contribution in [2.45, 2.75) is 62.4 Å². The van der Waals surface area contributed by atoms with Crippen molar-refractivity contribution in [3.05, 3.63) is 65.2 Å². The molecular weight excluding hydrogens is 514 g/mol. The molecule has 0 spiro atoms. The normalized spacial score (nSPS) is 22.1. The highest BCUT2D eigenvalue weighted by Crippen LogP contribution is 2.22. The lowest BCUT2D eigenvalue weighted by Crippen LogP contribution is -2.56. The maximum Gasteiger partial charge on any atom is 0.246 e. The average Bonchev–Trinajstić information content (AvgIpc) is 3.61. The summed E-state index contributed by atoms with van der Waals surface area (Å²) in [6, 6.07) is 10.1. The number of carbonyl (C=O) groups excluding carboxylic acids is 4. The highest BCUT2D eigenvalue weighted by atomic mass is 16.3. The summed E-state index contributed by atoms with van der Waals surface area (Å²) in [7, 11) is 1.52. The van der Waals surface area contributed by atoms with E-state index in [9.17, 15) is 29.4 Å². The highest BCUT2D eigenvalue weighted by molar-refractivity contribution is 6.00. The van der Waals surface area contributed by atoms with Crippen molar-refractivity contribution in [2.75, 3.05) is 20.1 Å². The van der Waals surface area contributed by atoms with Crippen molar-refractivity contribution in [2.24, 2.45) is 11.5 Å². The zero-order valence-electron chi connectivity index (χ0n) is 22.5. The van der Waals surface area contributed by atoms with Crippen molar-refractivity contribution < 1.29 is 29.4 Å². The summed E-state index contributed by atoms with van der Waals surface area (Å²) in [5, 5.41) is 22.3. The Hall–Kier alpha value is -3.80. The Morgan fingerprint density at radius 1 is 1.05 bits per heavy atom. The van der Waals surface area contributed by atoms with Crippen LogP contribution in [0.25, 0.3) is 0 Å². The molecule has 0 unspecified atom stereocenters. The maximum atomic E-state index is 13.8. The molecule has 4 rings (SSSR count). The number of hydrogen-bond acceptors (Lipinski definition) is 8. The van der Waals surface area contributed by atoms with Gasteiger partial charge in [-0.1, -0.05) is 36.4 Å². The minimum atomic E-state index is -0.952. The van der Waals surface area contributed by atoms with Gasteiger partial charge in [-0.15, -0.1) is 0 Å². The van der Waals surface area contributed by atoms with E-state index in [0.717, 1.165) is 11.1 Å². The highest BCUT2D eigenvalue weighted by Gasteiger charge is 2.39. The van der Waals surface area contributed by atoms with E-state index in [0.29, 0.717) is 37.9 Å². The van der Waals surface area contributed by atoms with Crippen LogP contribution in [-0.2, 0) is 27.2 Å². The first kappa shape index (κ1) is 29.2. The van der Waals surface area contributed by atoms with Crippen LogP contribution < -0.4 is 16.8 Å². The molecule has 3 amide bonds. The van der Waals surface area contributed by atoms with Crippen molar-refractivity contribution in [1.29, 1.82) is 0 Å². The number of amides is 3. The minimum absolute atomic E-state index is 0.103. The molecule has 2 aromatic carbocycles. The number of β-amino-alcohol motifs (C(OH)–C–C–N with tert-alkyl or cyclic N) is 1. The van der Waals surface area contributed by atoms with E-state index >= 15 is 0 Å². The summed E-state index contributed by atoms with van der Waals surface area (Å²) in [5.41, 5.74) is 13.8. The van der Waals surface area contributed by atoms with Crippen LogP contribution in [0.1, 0.15) is 40.7 Å². The predicted molar refractivity (Wildman–Crippen MR) is 147 cm³/mol. The van der Waals surface area contributed by atoms with E-state index in [-0.39, 0.29) is 24.4 Å². The van der Waals surface area contributed by atoms with Crippen LogP contribution in [0.5, 0.6) is 5.75 Å². The van der Waals surface area contributed by atoms with Crippen molar-refractivity contribution in [3.8, 4) is 5.75 Å². The molecule has 5 atom stereocenters. The quantitative estimate of drug-likeness (QED) is 0.250. The molecule has 11 nitrogen and oxygen atoms in total. The number of carbonyl (C=O) groups is 4. The third-order valence-corrected chi connectivity index (χ3v) is 7.77. The standard InChI is InChI=1S/C29H37N5O6/c1-33(28(39)22(30)13-17-6-10-20(35)11-7-17)25(29(40)34-12-2-3-24(34)27(31)38)14-18-4-8-19(9-5-18)26(37)23-15-21(36)16-32-23/h4-11,21-25,32,35-36H,2-3,12-16,30H2,1H3,(H2,31,38)/t21-,22+,23+,24-,25+/m1/s1. The fourth-order valence-corrected chi connectivity index (χ4v) is 5.44. The zero-order chi connectivity index (χ0) is 29.0. The number of hydrogen-bond donors (Lipinski definition) is 5. The second-order valence-corrected chi connectivity index (χ2v) is 10.6. The van der Waals surface area contributed by atoms with Gasteiger partial charge in [0.05, 0.1) is 18.2 Å².